The normalized spacial score (nSPS) is 29.8. The van der Waals surface area contributed by atoms with Gasteiger partial charge in [-0.05, 0) is 44.2 Å². The highest BCUT2D eigenvalue weighted by molar-refractivity contribution is 5.98. The number of hydrogen-bond acceptors (Lipinski definition) is 3. The van der Waals surface area contributed by atoms with Crippen LogP contribution < -0.4 is 11.1 Å². The summed E-state index contributed by atoms with van der Waals surface area (Å²) in [4.78, 5) is 30.2. The van der Waals surface area contributed by atoms with Gasteiger partial charge in [0.05, 0.1) is 5.92 Å². The zero-order chi connectivity index (χ0) is 19.0. The van der Waals surface area contributed by atoms with Crippen molar-refractivity contribution in [2.45, 2.75) is 44.1 Å². The van der Waals surface area contributed by atoms with Gasteiger partial charge in [-0.25, -0.2) is 0 Å². The summed E-state index contributed by atoms with van der Waals surface area (Å²) < 4.78 is 0. The average molecular weight is 363 g/mol. The van der Waals surface area contributed by atoms with Crippen LogP contribution in [0, 0.1) is 11.8 Å². The molecule has 0 saturated heterocycles. The molecule has 2 aliphatic carbocycles. The molecule has 3 N–H and O–H groups in total. The fraction of sp³-hybridized carbons (Fsp3) is 0.409. The Morgan fingerprint density at radius 2 is 2.04 bits per heavy atom. The van der Waals surface area contributed by atoms with E-state index < -0.39 is 11.4 Å². The minimum atomic E-state index is -1.000. The van der Waals surface area contributed by atoms with Crippen LogP contribution in [0.5, 0.6) is 0 Å². The second kappa shape index (κ2) is 6.80. The Hall–Kier alpha value is -2.69. The highest BCUT2D eigenvalue weighted by Gasteiger charge is 2.49. The van der Waals surface area contributed by atoms with Crippen LogP contribution in [0.25, 0.3) is 0 Å². The lowest BCUT2D eigenvalue weighted by Crippen LogP contribution is -2.61. The van der Waals surface area contributed by atoms with E-state index in [-0.39, 0.29) is 17.7 Å². The number of rotatable bonds is 4. The van der Waals surface area contributed by atoms with Gasteiger partial charge >= 0.3 is 0 Å². The van der Waals surface area contributed by atoms with Crippen LogP contribution >= 0.6 is 0 Å². The molecular formula is C22H25N3O2. The molecule has 4 unspecified atom stereocenters. The molecule has 2 amide bonds. The number of carbonyl (C=O) groups is 2. The van der Waals surface area contributed by atoms with Gasteiger partial charge < -0.3 is 11.1 Å². The van der Waals surface area contributed by atoms with Crippen molar-refractivity contribution in [2.24, 2.45) is 22.6 Å². The molecule has 5 heteroatoms. The number of carbonyl (C=O) groups excluding carboxylic acids is 2. The van der Waals surface area contributed by atoms with E-state index in [0.29, 0.717) is 25.2 Å². The van der Waals surface area contributed by atoms with Crippen LogP contribution in [0.1, 0.15) is 44.1 Å². The fourth-order valence-electron chi connectivity index (χ4n) is 4.56. The van der Waals surface area contributed by atoms with Crippen molar-refractivity contribution in [3.05, 3.63) is 59.8 Å². The Kier molecular flexibility index (Phi) is 4.46. The summed E-state index contributed by atoms with van der Waals surface area (Å²) in [5.41, 5.74) is 7.99. The quantitative estimate of drug-likeness (QED) is 0.862. The monoisotopic (exact) mass is 363 g/mol. The third-order valence-corrected chi connectivity index (χ3v) is 6.26. The molecule has 1 aromatic carbocycles. The van der Waals surface area contributed by atoms with Crippen molar-refractivity contribution in [1.82, 2.24) is 5.32 Å². The van der Waals surface area contributed by atoms with Gasteiger partial charge in [0.2, 0.25) is 11.8 Å². The second-order valence-electron chi connectivity index (χ2n) is 7.84. The highest BCUT2D eigenvalue weighted by Crippen LogP contribution is 2.45. The van der Waals surface area contributed by atoms with Crippen LogP contribution in [0.4, 0.5) is 0 Å². The summed E-state index contributed by atoms with van der Waals surface area (Å²) in [6.45, 7) is 1.86. The predicted octanol–water partition coefficient (Wildman–Crippen LogP) is 2.85. The van der Waals surface area contributed by atoms with Gasteiger partial charge in [0.1, 0.15) is 5.54 Å². The molecule has 1 saturated carbocycles. The number of hydrogen-bond donors (Lipinski definition) is 2. The Labute approximate surface area is 159 Å². The van der Waals surface area contributed by atoms with E-state index in [9.17, 15) is 9.59 Å². The zero-order valence-corrected chi connectivity index (χ0v) is 15.5. The maximum absolute atomic E-state index is 12.9. The Balaban J connectivity index is 1.55. The minimum Gasteiger partial charge on any atom is -0.368 e. The van der Waals surface area contributed by atoms with Gasteiger partial charge in [-0.3, -0.25) is 14.6 Å². The molecule has 1 aliphatic heterocycles. The first kappa shape index (κ1) is 17.7. The van der Waals surface area contributed by atoms with E-state index in [1.165, 1.54) is 0 Å². The molecule has 0 bridgehead atoms. The molecule has 1 fully saturated rings. The molecule has 5 nitrogen and oxygen atoms in total. The van der Waals surface area contributed by atoms with Gasteiger partial charge in [0, 0.05) is 23.2 Å². The lowest BCUT2D eigenvalue weighted by molar-refractivity contribution is -0.133. The largest absolute Gasteiger partial charge is 0.368 e. The number of benzene rings is 1. The standard InChI is InChI=1S/C22H25N3O2/c1-14(15-7-3-2-4-8-15)20(26)25-22(21(23)27)12-11-19-17(13-22)16-9-5-6-10-18(16)24-19/h2-8,10,14,16-17H,9,11-13H2,1H3,(H2,23,27)(H,25,26). The van der Waals surface area contributed by atoms with E-state index in [0.717, 1.165) is 23.4 Å². The smallest absolute Gasteiger partial charge is 0.243 e. The summed E-state index contributed by atoms with van der Waals surface area (Å²) in [6.07, 6.45) is 8.90. The average Bonchev–Trinajstić information content (AvgIpc) is 3.05. The van der Waals surface area contributed by atoms with E-state index in [4.69, 9.17) is 10.7 Å². The summed E-state index contributed by atoms with van der Waals surface area (Å²) >= 11 is 0. The van der Waals surface area contributed by atoms with Gasteiger partial charge in [0.25, 0.3) is 0 Å². The van der Waals surface area contributed by atoms with Gasteiger partial charge in [0.15, 0.2) is 0 Å². The van der Waals surface area contributed by atoms with Crippen molar-refractivity contribution in [1.29, 1.82) is 0 Å². The summed E-state index contributed by atoms with van der Waals surface area (Å²) in [5, 5.41) is 3.03. The number of primary amides is 1. The molecule has 4 atom stereocenters. The molecular weight excluding hydrogens is 338 g/mol. The second-order valence-corrected chi connectivity index (χ2v) is 7.84. The molecule has 0 aromatic heterocycles. The maximum Gasteiger partial charge on any atom is 0.243 e. The van der Waals surface area contributed by atoms with Crippen LogP contribution in [-0.2, 0) is 9.59 Å². The summed E-state index contributed by atoms with van der Waals surface area (Å²) in [5.74, 6) is -0.465. The van der Waals surface area contributed by atoms with Gasteiger partial charge in [-0.2, -0.15) is 0 Å². The van der Waals surface area contributed by atoms with E-state index in [2.05, 4.69) is 17.5 Å². The number of fused-ring (bicyclic) bond motifs is 3. The van der Waals surface area contributed by atoms with Crippen molar-refractivity contribution in [2.75, 3.05) is 0 Å². The van der Waals surface area contributed by atoms with Gasteiger partial charge in [-0.15, -0.1) is 0 Å². The zero-order valence-electron chi connectivity index (χ0n) is 15.5. The van der Waals surface area contributed by atoms with Crippen LogP contribution in [0.3, 0.4) is 0 Å². The Morgan fingerprint density at radius 1 is 1.26 bits per heavy atom. The number of nitrogens with one attached hydrogen (secondary N) is 1. The molecule has 0 spiro atoms. The number of aliphatic imine (C=N–C) groups is 1. The Morgan fingerprint density at radius 3 is 2.78 bits per heavy atom. The molecule has 4 rings (SSSR count). The van der Waals surface area contributed by atoms with Gasteiger partial charge in [-0.1, -0.05) is 42.5 Å². The molecule has 0 radical (unpaired) electrons. The minimum absolute atomic E-state index is 0.155. The van der Waals surface area contributed by atoms with Crippen molar-refractivity contribution in [3.63, 3.8) is 0 Å². The van der Waals surface area contributed by atoms with Crippen molar-refractivity contribution in [3.8, 4) is 0 Å². The number of amides is 2. The fourth-order valence-corrected chi connectivity index (χ4v) is 4.56. The third kappa shape index (κ3) is 3.11. The first-order valence-corrected chi connectivity index (χ1v) is 9.61. The molecule has 27 heavy (non-hydrogen) atoms. The maximum atomic E-state index is 12.9. The Bertz CT molecular complexity index is 856. The molecule has 1 heterocycles. The lowest BCUT2D eigenvalue weighted by Gasteiger charge is -2.40. The topological polar surface area (TPSA) is 84.5 Å². The number of nitrogens with two attached hydrogens (primary N) is 1. The summed E-state index contributed by atoms with van der Waals surface area (Å²) in [7, 11) is 0. The van der Waals surface area contributed by atoms with Crippen molar-refractivity contribution < 1.29 is 9.59 Å². The van der Waals surface area contributed by atoms with E-state index in [1.807, 2.05) is 43.3 Å². The van der Waals surface area contributed by atoms with E-state index >= 15 is 0 Å². The lowest BCUT2D eigenvalue weighted by atomic mass is 9.69. The molecule has 3 aliphatic rings. The number of allylic oxidation sites excluding steroid dienone is 4. The molecule has 1 aromatic rings. The predicted molar refractivity (Wildman–Crippen MR) is 105 cm³/mol. The highest BCUT2D eigenvalue weighted by atomic mass is 16.2. The molecule has 140 valence electrons. The first-order chi connectivity index (χ1) is 13.0. The van der Waals surface area contributed by atoms with E-state index in [1.54, 1.807) is 0 Å². The summed E-state index contributed by atoms with van der Waals surface area (Å²) in [6, 6.07) is 9.60. The SMILES string of the molecule is CC(C(=O)NC1(C(N)=O)CCC2=NC3=CC=CCC3C2C1)c1ccccc1. The van der Waals surface area contributed by atoms with Crippen LogP contribution in [0.2, 0.25) is 0 Å². The first-order valence-electron chi connectivity index (χ1n) is 9.61. The van der Waals surface area contributed by atoms with Crippen LogP contribution in [-0.4, -0.2) is 23.1 Å². The third-order valence-electron chi connectivity index (χ3n) is 6.26. The number of nitrogens with zero attached hydrogens (tertiary/aromatic N) is 1. The van der Waals surface area contributed by atoms with Crippen LogP contribution in [0.15, 0.2) is 59.2 Å². The van der Waals surface area contributed by atoms with Crippen molar-refractivity contribution >= 4 is 17.5 Å².